The lowest BCUT2D eigenvalue weighted by molar-refractivity contribution is 0.755. The number of benzene rings is 4. The molecule has 0 saturated carbocycles. The van der Waals surface area contributed by atoms with Gasteiger partial charge in [0.1, 0.15) is 0 Å². The number of nitrogens with zero attached hydrogens (tertiary/aromatic N) is 2. The van der Waals surface area contributed by atoms with E-state index in [2.05, 4.69) is 141 Å². The van der Waals surface area contributed by atoms with E-state index in [4.69, 9.17) is 9.97 Å². The highest BCUT2D eigenvalue weighted by Crippen LogP contribution is 2.63. The van der Waals surface area contributed by atoms with Gasteiger partial charge in [-0.15, -0.1) is 0 Å². The largest absolute Gasteiger partial charge is 0.236 e. The van der Waals surface area contributed by atoms with Crippen LogP contribution in [-0.4, -0.2) is 9.97 Å². The van der Waals surface area contributed by atoms with Gasteiger partial charge in [0.05, 0.1) is 11.1 Å². The van der Waals surface area contributed by atoms with Crippen molar-refractivity contribution < 1.29 is 0 Å². The van der Waals surface area contributed by atoms with Crippen LogP contribution in [0.1, 0.15) is 61.1 Å². The maximum absolute atomic E-state index is 5.45. The van der Waals surface area contributed by atoms with Crippen LogP contribution in [0.5, 0.6) is 0 Å². The van der Waals surface area contributed by atoms with Crippen LogP contribution in [0.2, 0.25) is 0 Å². The number of hydrogen-bond donors (Lipinski definition) is 0. The third-order valence-electron chi connectivity index (χ3n) is 9.50. The van der Waals surface area contributed by atoms with Gasteiger partial charge < -0.3 is 0 Å². The molecule has 1 aromatic heterocycles. The van der Waals surface area contributed by atoms with E-state index >= 15 is 0 Å². The summed E-state index contributed by atoms with van der Waals surface area (Å²) in [5, 5.41) is 0. The predicted molar refractivity (Wildman–Crippen MR) is 183 cm³/mol. The van der Waals surface area contributed by atoms with Crippen LogP contribution in [0.3, 0.4) is 0 Å². The summed E-state index contributed by atoms with van der Waals surface area (Å²) < 4.78 is 0. The summed E-state index contributed by atoms with van der Waals surface area (Å²) in [6, 6.07) is 35.4. The molecule has 44 heavy (non-hydrogen) atoms. The highest BCUT2D eigenvalue weighted by molar-refractivity contribution is 5.99. The van der Waals surface area contributed by atoms with Crippen LogP contribution in [0.4, 0.5) is 0 Å². The van der Waals surface area contributed by atoms with E-state index in [0.29, 0.717) is 0 Å². The van der Waals surface area contributed by atoms with Crippen molar-refractivity contribution in [3.8, 4) is 33.6 Å². The van der Waals surface area contributed by atoms with E-state index < -0.39 is 5.41 Å². The SMILES string of the molecule is C/C=C1\C(=C/CC)c2cnc(-c3ccccc3)nc2C12c1ccccc1-c1ccc(-c3ccc(C4=CC=CCC4)cc3)cc12. The Balaban J connectivity index is 1.37. The summed E-state index contributed by atoms with van der Waals surface area (Å²) in [5.74, 6) is 0.765. The normalized spacial score (nSPS) is 19.7. The number of hydrogen-bond acceptors (Lipinski definition) is 2. The van der Waals surface area contributed by atoms with Gasteiger partial charge in [0.25, 0.3) is 0 Å². The molecule has 3 aliphatic rings. The fourth-order valence-corrected chi connectivity index (χ4v) is 7.59. The van der Waals surface area contributed by atoms with Crippen molar-refractivity contribution in [2.75, 3.05) is 0 Å². The van der Waals surface area contributed by atoms with Gasteiger partial charge in [0.2, 0.25) is 0 Å². The van der Waals surface area contributed by atoms with Crippen molar-refractivity contribution >= 4 is 11.1 Å². The molecule has 1 atom stereocenters. The lowest BCUT2D eigenvalue weighted by atomic mass is 9.71. The zero-order valence-corrected chi connectivity index (χ0v) is 25.2. The Morgan fingerprint density at radius 2 is 1.50 bits per heavy atom. The summed E-state index contributed by atoms with van der Waals surface area (Å²) >= 11 is 0. The molecule has 1 spiro atoms. The molecule has 1 unspecified atom stereocenters. The summed E-state index contributed by atoms with van der Waals surface area (Å²) in [6.45, 7) is 4.39. The Hall–Kier alpha value is -5.08. The molecular formula is C42H34N2. The minimum absolute atomic E-state index is 0.515. The topological polar surface area (TPSA) is 25.8 Å². The zero-order chi connectivity index (χ0) is 29.7. The molecule has 0 bridgehead atoms. The van der Waals surface area contributed by atoms with Gasteiger partial charge in [-0.05, 0) is 87.9 Å². The van der Waals surface area contributed by atoms with Crippen LogP contribution in [0.25, 0.3) is 44.8 Å². The first-order valence-corrected chi connectivity index (χ1v) is 15.8. The van der Waals surface area contributed by atoms with Gasteiger partial charge in [-0.25, -0.2) is 9.97 Å². The van der Waals surface area contributed by atoms with Crippen LogP contribution in [-0.2, 0) is 5.41 Å². The van der Waals surface area contributed by atoms with Crippen LogP contribution >= 0.6 is 0 Å². The summed E-state index contributed by atoms with van der Waals surface area (Å²) in [4.78, 5) is 10.4. The first-order chi connectivity index (χ1) is 21.7. The Bertz CT molecular complexity index is 2040. The quantitative estimate of drug-likeness (QED) is 0.216. The standard InChI is InChI=1S/C42H34N2/c1-3-13-33-36-27-43-41(31-16-9-6-10-17-31)44-40(36)42(37(33)4-2)38-19-12-11-18-34(38)35-25-24-32(26-39(35)42)30-22-20-29(21-23-30)28-14-7-5-8-15-28/h4-7,9-14,16-27H,3,8,15H2,1-2H3/b33-13-,37-4+. The summed E-state index contributed by atoms with van der Waals surface area (Å²) in [6.07, 6.45) is 16.5. The predicted octanol–water partition coefficient (Wildman–Crippen LogP) is 10.6. The number of fused-ring (bicyclic) bond motifs is 7. The van der Waals surface area contributed by atoms with Gasteiger partial charge >= 0.3 is 0 Å². The molecule has 0 amide bonds. The second-order valence-electron chi connectivity index (χ2n) is 11.8. The molecule has 0 N–H and O–H groups in total. The molecule has 4 aromatic carbocycles. The minimum atomic E-state index is -0.515. The first-order valence-electron chi connectivity index (χ1n) is 15.8. The maximum atomic E-state index is 5.45. The second kappa shape index (κ2) is 10.6. The summed E-state index contributed by atoms with van der Waals surface area (Å²) in [5.41, 5.74) is 15.6. The minimum Gasteiger partial charge on any atom is -0.236 e. The average Bonchev–Trinajstić information content (AvgIpc) is 3.54. The van der Waals surface area contributed by atoms with E-state index in [9.17, 15) is 0 Å². The highest BCUT2D eigenvalue weighted by atomic mass is 14.9. The average molecular weight is 567 g/mol. The van der Waals surface area contributed by atoms with Crippen LogP contribution in [0.15, 0.2) is 139 Å². The first kappa shape index (κ1) is 26.5. The lowest BCUT2D eigenvalue weighted by Crippen LogP contribution is -2.27. The molecule has 0 aliphatic heterocycles. The number of allylic oxidation sites excluding steroid dienone is 8. The van der Waals surface area contributed by atoms with E-state index in [1.807, 2.05) is 6.07 Å². The molecule has 8 rings (SSSR count). The fraction of sp³-hybridized carbons (Fsp3) is 0.143. The second-order valence-corrected chi connectivity index (χ2v) is 11.8. The molecule has 0 radical (unpaired) electrons. The smallest absolute Gasteiger partial charge is 0.159 e. The third kappa shape index (κ3) is 3.87. The molecule has 212 valence electrons. The van der Waals surface area contributed by atoms with E-state index in [1.165, 1.54) is 55.7 Å². The Kier molecular flexibility index (Phi) is 6.38. The van der Waals surface area contributed by atoms with Gasteiger partial charge in [-0.3, -0.25) is 0 Å². The van der Waals surface area contributed by atoms with Gasteiger partial charge in [0, 0.05) is 17.3 Å². The Labute approximate surface area is 259 Å². The van der Waals surface area contributed by atoms with Gasteiger partial charge in [-0.2, -0.15) is 0 Å². The van der Waals surface area contributed by atoms with E-state index in [0.717, 1.165) is 41.9 Å². The van der Waals surface area contributed by atoms with Crippen LogP contribution in [0, 0.1) is 0 Å². The lowest BCUT2D eigenvalue weighted by Gasteiger charge is -2.30. The van der Waals surface area contributed by atoms with Crippen molar-refractivity contribution in [1.29, 1.82) is 0 Å². The molecule has 1 heterocycles. The van der Waals surface area contributed by atoms with E-state index in [1.54, 1.807) is 0 Å². The fourth-order valence-electron chi connectivity index (χ4n) is 7.59. The third-order valence-corrected chi connectivity index (χ3v) is 9.50. The van der Waals surface area contributed by atoms with E-state index in [-0.39, 0.29) is 0 Å². The zero-order valence-electron chi connectivity index (χ0n) is 25.2. The number of aromatic nitrogens is 2. The molecule has 2 heteroatoms. The van der Waals surface area contributed by atoms with Gasteiger partial charge in [-0.1, -0.05) is 128 Å². The van der Waals surface area contributed by atoms with Crippen molar-refractivity contribution in [2.24, 2.45) is 0 Å². The van der Waals surface area contributed by atoms with Crippen LogP contribution < -0.4 is 0 Å². The number of rotatable bonds is 4. The van der Waals surface area contributed by atoms with Crippen molar-refractivity contribution in [3.63, 3.8) is 0 Å². The molecule has 5 aromatic rings. The van der Waals surface area contributed by atoms with Gasteiger partial charge in [0.15, 0.2) is 5.82 Å². The maximum Gasteiger partial charge on any atom is 0.159 e. The van der Waals surface area contributed by atoms with Crippen molar-refractivity contribution in [3.05, 3.63) is 167 Å². The Morgan fingerprint density at radius 1 is 0.750 bits per heavy atom. The Morgan fingerprint density at radius 3 is 2.27 bits per heavy atom. The summed E-state index contributed by atoms with van der Waals surface area (Å²) in [7, 11) is 0. The molecule has 0 fully saturated rings. The molecule has 0 saturated heterocycles. The molecule has 2 nitrogen and oxygen atoms in total. The highest BCUT2D eigenvalue weighted by Gasteiger charge is 2.54. The van der Waals surface area contributed by atoms with Crippen molar-refractivity contribution in [2.45, 2.75) is 38.5 Å². The monoisotopic (exact) mass is 566 g/mol. The molecular weight excluding hydrogens is 532 g/mol. The molecule has 3 aliphatic carbocycles. The van der Waals surface area contributed by atoms with Crippen molar-refractivity contribution in [1.82, 2.24) is 9.97 Å².